The summed E-state index contributed by atoms with van der Waals surface area (Å²) < 4.78 is 30.3. The fraction of sp³-hybridized carbons (Fsp3) is 0.217. The van der Waals surface area contributed by atoms with Crippen molar-refractivity contribution < 1.29 is 8.42 Å². The zero-order chi connectivity index (χ0) is 21.5. The summed E-state index contributed by atoms with van der Waals surface area (Å²) >= 11 is 0. The van der Waals surface area contributed by atoms with E-state index in [2.05, 4.69) is 35.6 Å². The molecule has 30 heavy (non-hydrogen) atoms. The van der Waals surface area contributed by atoms with E-state index in [1.54, 1.807) is 29.1 Å². The highest BCUT2D eigenvalue weighted by Crippen LogP contribution is 2.26. The molecule has 6 nitrogen and oxygen atoms in total. The van der Waals surface area contributed by atoms with Gasteiger partial charge >= 0.3 is 0 Å². The van der Waals surface area contributed by atoms with Gasteiger partial charge in [0.1, 0.15) is 5.82 Å². The Morgan fingerprint density at radius 3 is 2.40 bits per heavy atom. The van der Waals surface area contributed by atoms with Crippen molar-refractivity contribution in [3.8, 4) is 5.69 Å². The number of aryl methyl sites for hydroxylation is 1. The molecule has 2 heterocycles. The van der Waals surface area contributed by atoms with Crippen LogP contribution in [-0.4, -0.2) is 23.2 Å². The highest BCUT2D eigenvalue weighted by atomic mass is 32.2. The summed E-state index contributed by atoms with van der Waals surface area (Å²) in [5, 5.41) is 5.48. The Morgan fingerprint density at radius 1 is 0.967 bits per heavy atom. The molecule has 154 valence electrons. The fourth-order valence-corrected chi connectivity index (χ4v) is 4.32. The van der Waals surface area contributed by atoms with Crippen LogP contribution in [0.25, 0.3) is 16.6 Å². The minimum Gasteiger partial charge on any atom is -0.263 e. The molecule has 0 aliphatic rings. The number of fused-ring (bicyclic) bond motifs is 1. The van der Waals surface area contributed by atoms with E-state index in [1.807, 2.05) is 49.4 Å². The van der Waals surface area contributed by atoms with Gasteiger partial charge in [0.2, 0.25) is 0 Å². The molecule has 0 bridgehead atoms. The number of aromatic nitrogens is 3. The van der Waals surface area contributed by atoms with Crippen LogP contribution in [0.4, 0.5) is 5.82 Å². The van der Waals surface area contributed by atoms with Gasteiger partial charge in [-0.2, -0.15) is 5.10 Å². The summed E-state index contributed by atoms with van der Waals surface area (Å²) in [6, 6.07) is 18.3. The van der Waals surface area contributed by atoms with Crippen molar-refractivity contribution in [1.82, 2.24) is 14.8 Å². The van der Waals surface area contributed by atoms with Gasteiger partial charge in [-0.3, -0.25) is 9.71 Å². The maximum atomic E-state index is 13.0. The highest BCUT2D eigenvalue weighted by Gasteiger charge is 2.20. The van der Waals surface area contributed by atoms with E-state index in [0.29, 0.717) is 11.5 Å². The van der Waals surface area contributed by atoms with Crippen LogP contribution >= 0.6 is 0 Å². The molecule has 4 aromatic rings. The lowest BCUT2D eigenvalue weighted by Crippen LogP contribution is -2.17. The minimum absolute atomic E-state index is 0.0461. The molecule has 0 atom stereocenters. The molecule has 2 aromatic heterocycles. The van der Waals surface area contributed by atoms with Gasteiger partial charge in [-0.15, -0.1) is 0 Å². The number of hydrogen-bond acceptors (Lipinski definition) is 4. The van der Waals surface area contributed by atoms with Crippen molar-refractivity contribution >= 4 is 26.7 Å². The molecule has 0 spiro atoms. The zero-order valence-electron chi connectivity index (χ0n) is 17.4. The third kappa shape index (κ3) is 3.93. The molecule has 0 unspecified atom stereocenters. The first-order valence-corrected chi connectivity index (χ1v) is 11.2. The molecule has 0 amide bonds. The number of hydrogen-bond donors (Lipinski definition) is 1. The molecule has 1 N–H and O–H groups in total. The second kappa shape index (κ2) is 7.25. The summed E-state index contributed by atoms with van der Waals surface area (Å²) in [6.07, 6.45) is 1.73. The molecule has 7 heteroatoms. The van der Waals surface area contributed by atoms with Crippen LogP contribution in [-0.2, 0) is 15.4 Å². The van der Waals surface area contributed by atoms with Gasteiger partial charge in [0.05, 0.1) is 21.8 Å². The molecule has 0 aliphatic heterocycles. The Kier molecular flexibility index (Phi) is 4.86. The third-order valence-corrected chi connectivity index (χ3v) is 6.31. The first-order chi connectivity index (χ1) is 14.1. The van der Waals surface area contributed by atoms with E-state index in [4.69, 9.17) is 0 Å². The minimum atomic E-state index is -3.76. The Hall–Kier alpha value is -3.19. The Bertz CT molecular complexity index is 1320. The second-order valence-corrected chi connectivity index (χ2v) is 10.0. The van der Waals surface area contributed by atoms with Crippen LogP contribution in [0.15, 0.2) is 71.8 Å². The van der Waals surface area contributed by atoms with Crippen molar-refractivity contribution in [1.29, 1.82) is 0 Å². The van der Waals surface area contributed by atoms with Gasteiger partial charge in [-0.25, -0.2) is 13.1 Å². The average Bonchev–Trinajstić information content (AvgIpc) is 3.06. The van der Waals surface area contributed by atoms with Crippen LogP contribution in [0.5, 0.6) is 0 Å². The van der Waals surface area contributed by atoms with E-state index < -0.39 is 10.0 Å². The fourth-order valence-electron chi connectivity index (χ4n) is 3.29. The number of sulfonamides is 1. The van der Waals surface area contributed by atoms with Crippen LogP contribution in [0.2, 0.25) is 0 Å². The molecular weight excluding hydrogens is 396 g/mol. The van der Waals surface area contributed by atoms with Gasteiger partial charge in [-0.1, -0.05) is 45.0 Å². The number of pyridine rings is 1. The van der Waals surface area contributed by atoms with Gasteiger partial charge in [-0.05, 0) is 48.2 Å². The zero-order valence-corrected chi connectivity index (χ0v) is 18.2. The lowest BCUT2D eigenvalue weighted by atomic mass is 9.87. The van der Waals surface area contributed by atoms with Crippen molar-refractivity contribution in [2.45, 2.75) is 38.0 Å². The highest BCUT2D eigenvalue weighted by molar-refractivity contribution is 7.92. The Labute approximate surface area is 176 Å². The maximum Gasteiger partial charge on any atom is 0.263 e. The van der Waals surface area contributed by atoms with Crippen molar-refractivity contribution in [2.24, 2.45) is 0 Å². The topological polar surface area (TPSA) is 76.9 Å². The summed E-state index contributed by atoms with van der Waals surface area (Å²) in [6.45, 7) is 8.10. The summed E-state index contributed by atoms with van der Waals surface area (Å²) in [7, 11) is -3.76. The second-order valence-electron chi connectivity index (χ2n) is 8.34. The maximum absolute atomic E-state index is 13.0. The van der Waals surface area contributed by atoms with Crippen LogP contribution in [0, 0.1) is 6.92 Å². The SMILES string of the molecule is Cc1cc(NS(=O)(=O)c2ccc(C(C)(C)C)cc2)n(-c2ccc3cccnc3c2)n1. The molecule has 2 aromatic carbocycles. The molecule has 0 aliphatic carbocycles. The van der Waals surface area contributed by atoms with Crippen LogP contribution in [0.1, 0.15) is 32.0 Å². The van der Waals surface area contributed by atoms with E-state index >= 15 is 0 Å². The molecule has 0 fully saturated rings. The Morgan fingerprint density at radius 2 is 1.70 bits per heavy atom. The summed E-state index contributed by atoms with van der Waals surface area (Å²) in [5.74, 6) is 0.377. The number of anilines is 1. The van der Waals surface area contributed by atoms with Crippen molar-refractivity contribution in [3.05, 3.63) is 78.1 Å². The number of rotatable bonds is 4. The number of nitrogens with one attached hydrogen (secondary N) is 1. The molecule has 4 rings (SSSR count). The number of benzene rings is 2. The predicted octanol–water partition coefficient (Wildman–Crippen LogP) is 4.83. The quantitative estimate of drug-likeness (QED) is 0.513. The third-order valence-electron chi connectivity index (χ3n) is 4.94. The van der Waals surface area contributed by atoms with Crippen molar-refractivity contribution in [3.63, 3.8) is 0 Å². The smallest absolute Gasteiger partial charge is 0.263 e. The Balaban J connectivity index is 1.69. The predicted molar refractivity (Wildman–Crippen MR) is 120 cm³/mol. The van der Waals surface area contributed by atoms with Crippen molar-refractivity contribution in [2.75, 3.05) is 4.72 Å². The van der Waals surface area contributed by atoms with E-state index in [0.717, 1.165) is 22.2 Å². The van der Waals surface area contributed by atoms with Gasteiger partial charge in [0.15, 0.2) is 0 Å². The molecule has 0 radical (unpaired) electrons. The lowest BCUT2D eigenvalue weighted by molar-refractivity contribution is 0.587. The monoisotopic (exact) mass is 420 g/mol. The largest absolute Gasteiger partial charge is 0.263 e. The summed E-state index contributed by atoms with van der Waals surface area (Å²) in [5.41, 5.74) is 3.28. The first kappa shape index (κ1) is 20.1. The standard InChI is InChI=1S/C23H24N4O2S/c1-16-14-22(26-30(28,29)20-11-8-18(9-12-20)23(2,3)4)27(25-16)19-10-7-17-6-5-13-24-21(17)15-19/h5-15,26H,1-4H3. The lowest BCUT2D eigenvalue weighted by Gasteiger charge is -2.19. The summed E-state index contributed by atoms with van der Waals surface area (Å²) in [4.78, 5) is 4.58. The van der Waals surface area contributed by atoms with Gasteiger partial charge < -0.3 is 0 Å². The van der Waals surface area contributed by atoms with E-state index in [9.17, 15) is 8.42 Å². The first-order valence-electron chi connectivity index (χ1n) is 9.69. The van der Waals surface area contributed by atoms with Gasteiger partial charge in [0.25, 0.3) is 10.0 Å². The number of nitrogens with zero attached hydrogens (tertiary/aromatic N) is 3. The normalized spacial score (nSPS) is 12.3. The molecule has 0 saturated heterocycles. The molecular formula is C23H24N4O2S. The average molecular weight is 421 g/mol. The van der Waals surface area contributed by atoms with Gasteiger partial charge in [0, 0.05) is 17.6 Å². The van der Waals surface area contributed by atoms with E-state index in [-0.39, 0.29) is 10.3 Å². The van der Waals surface area contributed by atoms with Crippen LogP contribution < -0.4 is 4.72 Å². The van der Waals surface area contributed by atoms with E-state index in [1.165, 1.54) is 0 Å². The molecule has 0 saturated carbocycles. The van der Waals surface area contributed by atoms with Crippen LogP contribution in [0.3, 0.4) is 0 Å².